The van der Waals surface area contributed by atoms with Crippen LogP contribution in [-0.4, -0.2) is 22.9 Å². The van der Waals surface area contributed by atoms with Gasteiger partial charge in [0.1, 0.15) is 5.52 Å². The summed E-state index contributed by atoms with van der Waals surface area (Å²) in [6, 6.07) is 11.6. The van der Waals surface area contributed by atoms with Crippen LogP contribution in [0.4, 0.5) is 11.7 Å². The third kappa shape index (κ3) is 2.64. The first kappa shape index (κ1) is 14.7. The van der Waals surface area contributed by atoms with Crippen molar-refractivity contribution in [1.82, 2.24) is 4.98 Å². The summed E-state index contributed by atoms with van der Waals surface area (Å²) in [7, 11) is 1.55. The van der Waals surface area contributed by atoms with E-state index < -0.39 is 4.92 Å². The summed E-state index contributed by atoms with van der Waals surface area (Å²) in [5, 5.41) is 10.8. The number of oxazole rings is 1. The van der Waals surface area contributed by atoms with E-state index in [1.807, 2.05) is 12.1 Å². The number of nitro benzene ring substituents is 1. The van der Waals surface area contributed by atoms with Gasteiger partial charge in [-0.3, -0.25) is 19.8 Å². The molecule has 116 valence electrons. The van der Waals surface area contributed by atoms with Crippen LogP contribution in [0.5, 0.6) is 0 Å². The predicted molar refractivity (Wildman–Crippen MR) is 84.6 cm³/mol. The molecule has 0 saturated carbocycles. The zero-order valence-corrected chi connectivity index (χ0v) is 12.5. The van der Waals surface area contributed by atoms with Crippen molar-refractivity contribution in [2.75, 3.05) is 11.9 Å². The first-order valence-electron chi connectivity index (χ1n) is 6.86. The van der Waals surface area contributed by atoms with E-state index in [1.165, 1.54) is 23.1 Å². The van der Waals surface area contributed by atoms with Gasteiger partial charge in [-0.25, -0.2) is 0 Å². The molecule has 7 heteroatoms. The van der Waals surface area contributed by atoms with Crippen molar-refractivity contribution < 1.29 is 14.1 Å². The second kappa shape index (κ2) is 5.53. The van der Waals surface area contributed by atoms with Gasteiger partial charge in [0.05, 0.1) is 4.92 Å². The van der Waals surface area contributed by atoms with Gasteiger partial charge in [0, 0.05) is 24.2 Å². The van der Waals surface area contributed by atoms with Gasteiger partial charge >= 0.3 is 6.01 Å². The van der Waals surface area contributed by atoms with E-state index in [9.17, 15) is 14.9 Å². The molecule has 0 bridgehead atoms. The van der Waals surface area contributed by atoms with Gasteiger partial charge < -0.3 is 4.42 Å². The number of rotatable bonds is 3. The molecule has 0 aliphatic rings. The summed E-state index contributed by atoms with van der Waals surface area (Å²) in [6.07, 6.45) is 0. The lowest BCUT2D eigenvalue weighted by atomic mass is 10.1. The number of benzene rings is 2. The smallest absolute Gasteiger partial charge is 0.305 e. The van der Waals surface area contributed by atoms with Crippen molar-refractivity contribution in [2.24, 2.45) is 0 Å². The largest absolute Gasteiger partial charge is 0.423 e. The molecule has 1 heterocycles. The number of nitro groups is 1. The van der Waals surface area contributed by atoms with Gasteiger partial charge in [0.25, 0.3) is 11.6 Å². The molecule has 23 heavy (non-hydrogen) atoms. The van der Waals surface area contributed by atoms with Crippen LogP contribution in [0.3, 0.4) is 0 Å². The van der Waals surface area contributed by atoms with Gasteiger partial charge in [-0.15, -0.1) is 0 Å². The van der Waals surface area contributed by atoms with Gasteiger partial charge in [-0.1, -0.05) is 12.1 Å². The number of fused-ring (bicyclic) bond motifs is 1. The number of nitrogens with zero attached hydrogens (tertiary/aromatic N) is 3. The van der Waals surface area contributed by atoms with Crippen LogP contribution in [-0.2, 0) is 0 Å². The first-order chi connectivity index (χ1) is 11.0. The van der Waals surface area contributed by atoms with Gasteiger partial charge in [0.15, 0.2) is 5.58 Å². The topological polar surface area (TPSA) is 89.5 Å². The zero-order chi connectivity index (χ0) is 16.6. The van der Waals surface area contributed by atoms with Crippen LogP contribution in [0.1, 0.15) is 15.9 Å². The normalized spacial score (nSPS) is 10.7. The zero-order valence-electron chi connectivity index (χ0n) is 12.5. The van der Waals surface area contributed by atoms with E-state index >= 15 is 0 Å². The summed E-state index contributed by atoms with van der Waals surface area (Å²) < 4.78 is 5.55. The molecule has 0 fully saturated rings. The van der Waals surface area contributed by atoms with E-state index in [0.717, 1.165) is 0 Å². The standard InChI is InChI=1S/C16H13N3O4/c1-10-9-11(7-8-13(10)19(21)22)15(20)18(2)16-17-12-5-3-4-6-14(12)23-16/h3-9H,1-2H3. The maximum atomic E-state index is 12.5. The number of aryl methyl sites for hydroxylation is 1. The number of anilines is 1. The van der Waals surface area contributed by atoms with Crippen LogP contribution in [0.2, 0.25) is 0 Å². The van der Waals surface area contributed by atoms with Crippen LogP contribution in [0.15, 0.2) is 46.9 Å². The molecule has 1 aromatic heterocycles. The van der Waals surface area contributed by atoms with Crippen LogP contribution in [0.25, 0.3) is 11.1 Å². The summed E-state index contributed by atoms with van der Waals surface area (Å²) in [4.78, 5) is 28.4. The summed E-state index contributed by atoms with van der Waals surface area (Å²) in [6.45, 7) is 1.59. The fourth-order valence-corrected chi connectivity index (χ4v) is 2.28. The Morgan fingerprint density at radius 3 is 2.65 bits per heavy atom. The van der Waals surface area contributed by atoms with Crippen molar-refractivity contribution in [3.05, 3.63) is 63.7 Å². The maximum absolute atomic E-state index is 12.5. The number of para-hydroxylation sites is 2. The SMILES string of the molecule is Cc1cc(C(=O)N(C)c2nc3ccccc3o2)ccc1[N+](=O)[O-]. The molecular formula is C16H13N3O4. The molecule has 0 aliphatic heterocycles. The molecule has 0 unspecified atom stereocenters. The molecule has 7 nitrogen and oxygen atoms in total. The monoisotopic (exact) mass is 311 g/mol. The van der Waals surface area contributed by atoms with Crippen LogP contribution < -0.4 is 4.90 Å². The average molecular weight is 311 g/mol. The minimum atomic E-state index is -0.478. The number of aromatic nitrogens is 1. The summed E-state index contributed by atoms with van der Waals surface area (Å²) >= 11 is 0. The third-order valence-electron chi connectivity index (χ3n) is 3.51. The van der Waals surface area contributed by atoms with E-state index in [1.54, 1.807) is 26.1 Å². The number of hydrogen-bond acceptors (Lipinski definition) is 5. The van der Waals surface area contributed by atoms with Gasteiger partial charge in [0.2, 0.25) is 0 Å². The quantitative estimate of drug-likeness (QED) is 0.546. The van der Waals surface area contributed by atoms with Crippen LogP contribution >= 0.6 is 0 Å². The van der Waals surface area contributed by atoms with Crippen molar-refractivity contribution >= 4 is 28.7 Å². The Morgan fingerprint density at radius 2 is 2.00 bits per heavy atom. The highest BCUT2D eigenvalue weighted by atomic mass is 16.6. The second-order valence-electron chi connectivity index (χ2n) is 5.09. The number of hydrogen-bond donors (Lipinski definition) is 0. The minimum Gasteiger partial charge on any atom is -0.423 e. The van der Waals surface area contributed by atoms with Crippen LogP contribution in [0, 0.1) is 17.0 Å². The maximum Gasteiger partial charge on any atom is 0.305 e. The molecule has 0 aliphatic carbocycles. The molecular weight excluding hydrogens is 298 g/mol. The number of carbonyl (C=O) groups is 1. The van der Waals surface area contributed by atoms with Gasteiger partial charge in [-0.05, 0) is 31.2 Å². The summed E-state index contributed by atoms with van der Waals surface area (Å²) in [5.74, 6) is -0.352. The highest BCUT2D eigenvalue weighted by Gasteiger charge is 2.20. The second-order valence-corrected chi connectivity index (χ2v) is 5.09. The lowest BCUT2D eigenvalue weighted by Gasteiger charge is -2.12. The molecule has 0 radical (unpaired) electrons. The van der Waals surface area contributed by atoms with Gasteiger partial charge in [-0.2, -0.15) is 4.98 Å². The lowest BCUT2D eigenvalue weighted by Crippen LogP contribution is -2.26. The third-order valence-corrected chi connectivity index (χ3v) is 3.51. The molecule has 3 aromatic rings. The number of carbonyl (C=O) groups excluding carboxylic acids is 1. The Labute approximate surface area is 131 Å². The van der Waals surface area contributed by atoms with E-state index in [-0.39, 0.29) is 17.6 Å². The van der Waals surface area contributed by atoms with E-state index in [2.05, 4.69) is 4.98 Å². The van der Waals surface area contributed by atoms with E-state index in [4.69, 9.17) is 4.42 Å². The minimum absolute atomic E-state index is 0.0222. The highest BCUT2D eigenvalue weighted by molar-refractivity contribution is 6.05. The molecule has 0 spiro atoms. The Bertz CT molecular complexity index is 884. The average Bonchev–Trinajstić information content (AvgIpc) is 2.97. The van der Waals surface area contributed by atoms with Crippen molar-refractivity contribution in [3.63, 3.8) is 0 Å². The van der Waals surface area contributed by atoms with Crippen molar-refractivity contribution in [1.29, 1.82) is 0 Å². The molecule has 1 amide bonds. The lowest BCUT2D eigenvalue weighted by molar-refractivity contribution is -0.385. The fraction of sp³-hybridized carbons (Fsp3) is 0.125. The number of amides is 1. The Morgan fingerprint density at radius 1 is 1.26 bits per heavy atom. The Kier molecular flexibility index (Phi) is 3.53. The molecule has 0 N–H and O–H groups in total. The molecule has 0 saturated heterocycles. The summed E-state index contributed by atoms with van der Waals surface area (Å²) in [5.41, 5.74) is 1.97. The molecule has 3 rings (SSSR count). The Hall–Kier alpha value is -3.22. The first-order valence-corrected chi connectivity index (χ1v) is 6.86. The van der Waals surface area contributed by atoms with E-state index in [0.29, 0.717) is 22.2 Å². The van der Waals surface area contributed by atoms with Crippen molar-refractivity contribution in [3.8, 4) is 0 Å². The molecule has 2 aromatic carbocycles. The van der Waals surface area contributed by atoms with Crippen molar-refractivity contribution in [2.45, 2.75) is 6.92 Å². The molecule has 0 atom stereocenters. The highest BCUT2D eigenvalue weighted by Crippen LogP contribution is 2.24. The predicted octanol–water partition coefficient (Wildman–Crippen LogP) is 3.32. The fourth-order valence-electron chi connectivity index (χ4n) is 2.28. The Balaban J connectivity index is 1.93.